The molecule has 0 bridgehead atoms. The quantitative estimate of drug-likeness (QED) is 0.184. The van der Waals surface area contributed by atoms with Gasteiger partial charge >= 0.3 is 0 Å². The topological polar surface area (TPSA) is 81.4 Å². The molecule has 1 aliphatic carbocycles. The second-order valence-corrected chi connectivity index (χ2v) is 13.2. The van der Waals surface area contributed by atoms with Gasteiger partial charge in [-0.05, 0) is 52.6 Å². The highest BCUT2D eigenvalue weighted by Crippen LogP contribution is 2.32. The second-order valence-electron chi connectivity index (χ2n) is 13.2. The molecule has 2 aliphatic rings. The molecule has 0 saturated carbocycles. The smallest absolute Gasteiger partial charge is 0.199 e. The Morgan fingerprint density at radius 1 is 0.577 bits per heavy atom. The van der Waals surface area contributed by atoms with Crippen molar-refractivity contribution in [3.05, 3.63) is 175 Å². The van der Waals surface area contributed by atoms with Crippen molar-refractivity contribution < 1.29 is 0 Å². The van der Waals surface area contributed by atoms with E-state index in [0.717, 1.165) is 77.7 Å². The van der Waals surface area contributed by atoms with E-state index in [0.29, 0.717) is 5.82 Å². The molecule has 0 amide bonds. The largest absolute Gasteiger partial charge is 0.374 e. The lowest BCUT2D eigenvalue weighted by Crippen LogP contribution is -2.30. The number of allylic oxidation sites excluding steroid dienone is 4. The molecule has 1 N–H and O–H groups in total. The van der Waals surface area contributed by atoms with Crippen LogP contribution in [0.15, 0.2) is 164 Å². The average Bonchev–Trinajstić information content (AvgIpc) is 3.66. The molecule has 4 aromatic heterocycles. The first kappa shape index (κ1) is 29.9. The highest BCUT2D eigenvalue weighted by atomic mass is 15.3. The molecule has 0 fully saturated rings. The molecule has 246 valence electrons. The molecule has 8 aromatic rings. The number of aromatic nitrogens is 6. The van der Waals surface area contributed by atoms with Crippen LogP contribution >= 0.6 is 0 Å². The van der Waals surface area contributed by atoms with Gasteiger partial charge in [-0.1, -0.05) is 121 Å². The minimum absolute atomic E-state index is 0.0519. The van der Waals surface area contributed by atoms with Crippen LogP contribution in [0.2, 0.25) is 0 Å². The monoisotopic (exact) mass is 669 g/mol. The summed E-state index contributed by atoms with van der Waals surface area (Å²) >= 11 is 0. The van der Waals surface area contributed by atoms with Gasteiger partial charge in [0.05, 0.1) is 34.0 Å². The van der Waals surface area contributed by atoms with E-state index in [2.05, 4.69) is 143 Å². The van der Waals surface area contributed by atoms with Crippen LogP contribution < -0.4 is 5.32 Å². The number of aryl methyl sites for hydroxylation is 1. The van der Waals surface area contributed by atoms with Crippen LogP contribution in [0.5, 0.6) is 0 Å². The number of rotatable bonds is 5. The number of hydrogen-bond donors (Lipinski definition) is 1. The molecule has 7 heteroatoms. The fraction of sp³-hybridized carbons (Fsp3) is 0.0444. The second kappa shape index (κ2) is 12.1. The molecular formula is C45H31N7. The van der Waals surface area contributed by atoms with Crippen LogP contribution in [0.1, 0.15) is 11.1 Å². The first-order chi connectivity index (χ1) is 25.6. The van der Waals surface area contributed by atoms with Gasteiger partial charge in [0, 0.05) is 40.0 Å². The van der Waals surface area contributed by atoms with Crippen LogP contribution in [0, 0.1) is 0 Å². The number of nitrogens with one attached hydrogen (secondary N) is 1. The zero-order valence-electron chi connectivity index (χ0n) is 28.3. The zero-order valence-corrected chi connectivity index (χ0v) is 28.3. The van der Waals surface area contributed by atoms with Crippen molar-refractivity contribution in [3.8, 4) is 34.0 Å². The van der Waals surface area contributed by atoms with E-state index >= 15 is 0 Å². The van der Waals surface area contributed by atoms with Crippen LogP contribution in [0.25, 0.3) is 78.0 Å². The molecule has 0 spiro atoms. The molecule has 0 radical (unpaired) electrons. The molecule has 0 saturated heterocycles. The van der Waals surface area contributed by atoms with E-state index in [1.54, 1.807) is 11.0 Å². The van der Waals surface area contributed by atoms with Gasteiger partial charge in [0.25, 0.3) is 0 Å². The van der Waals surface area contributed by atoms with E-state index in [9.17, 15) is 0 Å². The summed E-state index contributed by atoms with van der Waals surface area (Å²) in [6.07, 6.45) is 12.7. The third-order valence-electron chi connectivity index (χ3n) is 9.85. The Bertz CT molecular complexity index is 2820. The lowest BCUT2D eigenvalue weighted by molar-refractivity contribution is 0.767. The van der Waals surface area contributed by atoms with Crippen LogP contribution in [0.4, 0.5) is 0 Å². The Morgan fingerprint density at radius 2 is 1.21 bits per heavy atom. The molecule has 52 heavy (non-hydrogen) atoms. The Hall–Kier alpha value is -6.99. The number of dihydropyridines is 1. The van der Waals surface area contributed by atoms with E-state index in [1.807, 2.05) is 31.3 Å². The average molecular weight is 670 g/mol. The molecule has 10 rings (SSSR count). The predicted octanol–water partition coefficient (Wildman–Crippen LogP) is 9.35. The van der Waals surface area contributed by atoms with Crippen molar-refractivity contribution in [3.63, 3.8) is 0 Å². The molecule has 1 aliphatic heterocycles. The van der Waals surface area contributed by atoms with Gasteiger partial charge in [0.15, 0.2) is 5.82 Å². The van der Waals surface area contributed by atoms with Crippen molar-refractivity contribution in [2.24, 2.45) is 7.05 Å². The van der Waals surface area contributed by atoms with Crippen molar-refractivity contribution in [1.82, 2.24) is 35.0 Å². The van der Waals surface area contributed by atoms with Crippen LogP contribution in [0.3, 0.4) is 0 Å². The normalized spacial score (nSPS) is 15.2. The van der Waals surface area contributed by atoms with E-state index in [4.69, 9.17) is 15.0 Å². The maximum absolute atomic E-state index is 5.16. The van der Waals surface area contributed by atoms with Gasteiger partial charge in [-0.3, -0.25) is 4.68 Å². The number of pyridine rings is 3. The standard InChI is InChI=1S/C45H31N7/c1-52-27-46-45(51-52)40-24-18-32-12-16-36(26-42(32)48-40)39-21-17-31-11-15-35(25-41(31)47-39)28-7-9-30(10-8-28)38-23-20-34-14-13-33-19-22-37(29-5-3-2-4-6-29)49-43(33)44(34)50-38/h2-27,41,47H,1H3. The van der Waals surface area contributed by atoms with Crippen molar-refractivity contribution in [1.29, 1.82) is 0 Å². The van der Waals surface area contributed by atoms with Crippen molar-refractivity contribution in [2.45, 2.75) is 6.04 Å². The summed E-state index contributed by atoms with van der Waals surface area (Å²) in [7, 11) is 1.86. The fourth-order valence-electron chi connectivity index (χ4n) is 7.07. The Labute approximate surface area is 300 Å². The van der Waals surface area contributed by atoms with Gasteiger partial charge in [-0.25, -0.2) is 19.9 Å². The molecule has 4 aromatic carbocycles. The molecular weight excluding hydrogens is 639 g/mol. The Balaban J connectivity index is 0.913. The summed E-state index contributed by atoms with van der Waals surface area (Å²) in [5.41, 5.74) is 13.2. The minimum atomic E-state index is 0.0519. The van der Waals surface area contributed by atoms with Gasteiger partial charge in [0.1, 0.15) is 12.0 Å². The first-order valence-electron chi connectivity index (χ1n) is 17.3. The third kappa shape index (κ3) is 5.36. The summed E-state index contributed by atoms with van der Waals surface area (Å²) in [5, 5.41) is 11.4. The van der Waals surface area contributed by atoms with Crippen LogP contribution in [-0.2, 0) is 7.05 Å². The lowest BCUT2D eigenvalue weighted by Gasteiger charge is -2.27. The summed E-state index contributed by atoms with van der Waals surface area (Å²) in [6.45, 7) is 0. The Morgan fingerprint density at radius 3 is 1.94 bits per heavy atom. The van der Waals surface area contributed by atoms with E-state index in [-0.39, 0.29) is 6.04 Å². The zero-order chi connectivity index (χ0) is 34.6. The van der Waals surface area contributed by atoms with E-state index in [1.165, 1.54) is 11.1 Å². The van der Waals surface area contributed by atoms with Crippen LogP contribution in [-0.4, -0.2) is 35.8 Å². The highest BCUT2D eigenvalue weighted by Gasteiger charge is 2.20. The van der Waals surface area contributed by atoms with Gasteiger partial charge in [-0.15, -0.1) is 5.10 Å². The summed E-state index contributed by atoms with van der Waals surface area (Å²) < 4.78 is 1.69. The number of nitrogens with zero attached hydrogens (tertiary/aromatic N) is 6. The third-order valence-corrected chi connectivity index (χ3v) is 9.85. The molecule has 5 heterocycles. The minimum Gasteiger partial charge on any atom is -0.374 e. The maximum atomic E-state index is 5.16. The molecule has 1 unspecified atom stereocenters. The highest BCUT2D eigenvalue weighted by molar-refractivity contribution is 6.04. The number of benzene rings is 4. The summed E-state index contributed by atoms with van der Waals surface area (Å²) in [4.78, 5) is 19.5. The molecule has 7 nitrogen and oxygen atoms in total. The molecule has 1 atom stereocenters. The number of fused-ring (bicyclic) bond motifs is 5. The Kier molecular flexibility index (Phi) is 6.96. The van der Waals surface area contributed by atoms with Crippen molar-refractivity contribution >= 4 is 44.0 Å². The maximum Gasteiger partial charge on any atom is 0.199 e. The predicted molar refractivity (Wildman–Crippen MR) is 210 cm³/mol. The van der Waals surface area contributed by atoms with Gasteiger partial charge < -0.3 is 5.32 Å². The fourth-order valence-corrected chi connectivity index (χ4v) is 7.07. The first-order valence-corrected chi connectivity index (χ1v) is 17.3. The number of hydrogen-bond acceptors (Lipinski definition) is 6. The van der Waals surface area contributed by atoms with E-state index < -0.39 is 0 Å². The van der Waals surface area contributed by atoms with Gasteiger partial charge in [0.2, 0.25) is 0 Å². The van der Waals surface area contributed by atoms with Crippen molar-refractivity contribution in [2.75, 3.05) is 0 Å². The summed E-state index contributed by atoms with van der Waals surface area (Å²) in [6, 6.07) is 42.2. The van der Waals surface area contributed by atoms with Gasteiger partial charge in [-0.2, -0.15) is 0 Å². The lowest BCUT2D eigenvalue weighted by atomic mass is 9.90. The SMILES string of the molecule is Cn1cnc(-c2ccc3ccc(C4=CC=C5C=CC(c6ccc(-c7ccc8ccc9ccc(-c%10ccccc%10)nc9c8n7)cc6)=CC5N4)cc3n2)n1. The summed E-state index contributed by atoms with van der Waals surface area (Å²) in [5.74, 6) is 0.620.